The molecule has 0 atom stereocenters. The molecule has 0 radical (unpaired) electrons. The molecule has 7 nitrogen and oxygen atoms in total. The van der Waals surface area contributed by atoms with Gasteiger partial charge in [-0.2, -0.15) is 4.31 Å². The fourth-order valence-electron chi connectivity index (χ4n) is 2.16. The molecular weight excluding hydrogens is 318 g/mol. The Morgan fingerprint density at radius 2 is 2.00 bits per heavy atom. The molecule has 1 amide bonds. The lowest BCUT2D eigenvalue weighted by Crippen LogP contribution is -2.48. The number of rotatable bonds is 5. The number of morpholine rings is 1. The van der Waals surface area contributed by atoms with Crippen LogP contribution in [0.15, 0.2) is 29.2 Å². The molecule has 8 heteroatoms. The predicted molar refractivity (Wildman–Crippen MR) is 86.6 cm³/mol. The normalized spacial score (nSPS) is 17.0. The largest absolute Gasteiger partial charge is 0.379 e. The molecule has 128 valence electrons. The first-order valence-electron chi connectivity index (χ1n) is 7.47. The smallest absolute Gasteiger partial charge is 0.251 e. The Kier molecular flexibility index (Phi) is 5.41. The third-order valence-corrected chi connectivity index (χ3v) is 5.56. The molecule has 0 saturated carbocycles. The highest BCUT2D eigenvalue weighted by Crippen LogP contribution is 2.18. The van der Waals surface area contributed by atoms with Crippen molar-refractivity contribution in [2.75, 3.05) is 32.8 Å². The minimum atomic E-state index is -3.62. The highest BCUT2D eigenvalue weighted by Gasteiger charge is 2.27. The molecule has 0 aliphatic carbocycles. The number of nitrogens with zero attached hydrogens (tertiary/aromatic N) is 1. The zero-order chi connectivity index (χ0) is 17.1. The van der Waals surface area contributed by atoms with Crippen LogP contribution in [0.3, 0.4) is 0 Å². The van der Waals surface area contributed by atoms with E-state index in [2.05, 4.69) is 5.32 Å². The molecule has 1 aromatic rings. The van der Waals surface area contributed by atoms with Crippen molar-refractivity contribution >= 4 is 15.9 Å². The Morgan fingerprint density at radius 1 is 1.35 bits per heavy atom. The average Bonchev–Trinajstić information content (AvgIpc) is 2.55. The van der Waals surface area contributed by atoms with E-state index < -0.39 is 15.6 Å². The van der Waals surface area contributed by atoms with E-state index in [0.717, 1.165) is 0 Å². The van der Waals surface area contributed by atoms with Crippen molar-refractivity contribution in [2.45, 2.75) is 24.3 Å². The molecule has 3 N–H and O–H groups in total. The monoisotopic (exact) mass is 341 g/mol. The molecule has 23 heavy (non-hydrogen) atoms. The Labute approximate surface area is 136 Å². The topological polar surface area (TPSA) is 102 Å². The fraction of sp³-hybridized carbons (Fsp3) is 0.533. The Morgan fingerprint density at radius 3 is 2.61 bits per heavy atom. The molecule has 1 fully saturated rings. The second kappa shape index (κ2) is 6.96. The Balaban J connectivity index is 2.24. The van der Waals surface area contributed by atoms with E-state index in [1.54, 1.807) is 26.0 Å². The predicted octanol–water partition coefficient (Wildman–Crippen LogP) is 0.175. The number of ether oxygens (including phenoxy) is 1. The summed E-state index contributed by atoms with van der Waals surface area (Å²) >= 11 is 0. The van der Waals surface area contributed by atoms with Gasteiger partial charge < -0.3 is 15.8 Å². The number of nitrogens with one attached hydrogen (secondary N) is 1. The van der Waals surface area contributed by atoms with Gasteiger partial charge in [-0.05, 0) is 32.0 Å². The summed E-state index contributed by atoms with van der Waals surface area (Å²) in [6.45, 7) is 5.29. The Bertz CT molecular complexity index is 667. The summed E-state index contributed by atoms with van der Waals surface area (Å²) in [6, 6.07) is 6.04. The first-order valence-corrected chi connectivity index (χ1v) is 8.91. The van der Waals surface area contributed by atoms with Crippen LogP contribution in [0.25, 0.3) is 0 Å². The SMILES string of the molecule is CC(C)(CN)NC(=O)c1cccc(S(=O)(=O)N2CCOCC2)c1. The third kappa shape index (κ3) is 4.29. The van der Waals surface area contributed by atoms with Gasteiger partial charge in [0, 0.05) is 30.7 Å². The van der Waals surface area contributed by atoms with Gasteiger partial charge in [-0.15, -0.1) is 0 Å². The maximum absolute atomic E-state index is 12.6. The van der Waals surface area contributed by atoms with Crippen LogP contribution in [0.1, 0.15) is 24.2 Å². The second-order valence-corrected chi connectivity index (χ2v) is 8.02. The van der Waals surface area contributed by atoms with Gasteiger partial charge in [0.2, 0.25) is 10.0 Å². The summed E-state index contributed by atoms with van der Waals surface area (Å²) in [5.41, 5.74) is 5.33. The van der Waals surface area contributed by atoms with Gasteiger partial charge in [0.15, 0.2) is 0 Å². The zero-order valence-corrected chi connectivity index (χ0v) is 14.2. The van der Waals surface area contributed by atoms with Gasteiger partial charge in [-0.3, -0.25) is 4.79 Å². The van der Waals surface area contributed by atoms with Crippen molar-refractivity contribution in [1.82, 2.24) is 9.62 Å². The summed E-state index contributed by atoms with van der Waals surface area (Å²) in [7, 11) is -3.62. The van der Waals surface area contributed by atoms with Gasteiger partial charge in [-0.25, -0.2) is 8.42 Å². The summed E-state index contributed by atoms with van der Waals surface area (Å²) in [4.78, 5) is 12.4. The van der Waals surface area contributed by atoms with Gasteiger partial charge in [0.25, 0.3) is 5.91 Å². The van der Waals surface area contributed by atoms with Gasteiger partial charge >= 0.3 is 0 Å². The number of nitrogens with two attached hydrogens (primary N) is 1. The quantitative estimate of drug-likeness (QED) is 0.795. The summed E-state index contributed by atoms with van der Waals surface area (Å²) < 4.78 is 31.8. The Hall–Kier alpha value is -1.48. The van der Waals surface area contributed by atoms with Crippen LogP contribution >= 0.6 is 0 Å². The molecule has 0 bridgehead atoms. The van der Waals surface area contributed by atoms with Crippen molar-refractivity contribution < 1.29 is 17.9 Å². The van der Waals surface area contributed by atoms with Crippen molar-refractivity contribution in [2.24, 2.45) is 5.73 Å². The minimum absolute atomic E-state index is 0.109. The van der Waals surface area contributed by atoms with E-state index in [9.17, 15) is 13.2 Å². The number of carbonyl (C=O) groups is 1. The van der Waals surface area contributed by atoms with E-state index in [1.165, 1.54) is 16.4 Å². The van der Waals surface area contributed by atoms with Crippen LogP contribution in [-0.4, -0.2) is 57.0 Å². The van der Waals surface area contributed by atoms with Crippen LogP contribution in [-0.2, 0) is 14.8 Å². The van der Waals surface area contributed by atoms with Crippen LogP contribution in [0, 0.1) is 0 Å². The number of amides is 1. The molecule has 0 unspecified atom stereocenters. The van der Waals surface area contributed by atoms with Crippen molar-refractivity contribution in [3.63, 3.8) is 0 Å². The second-order valence-electron chi connectivity index (χ2n) is 6.09. The average molecular weight is 341 g/mol. The lowest BCUT2D eigenvalue weighted by atomic mass is 10.1. The van der Waals surface area contributed by atoms with E-state index in [1.807, 2.05) is 0 Å². The van der Waals surface area contributed by atoms with Crippen molar-refractivity contribution in [1.29, 1.82) is 0 Å². The molecule has 1 heterocycles. The molecular formula is C15H23N3O4S. The number of benzene rings is 1. The minimum Gasteiger partial charge on any atom is -0.379 e. The highest BCUT2D eigenvalue weighted by molar-refractivity contribution is 7.89. The number of sulfonamides is 1. The van der Waals surface area contributed by atoms with Gasteiger partial charge in [0.1, 0.15) is 0 Å². The standard InChI is InChI=1S/C15H23N3O4S/c1-15(2,11-16)17-14(19)12-4-3-5-13(10-12)23(20,21)18-6-8-22-9-7-18/h3-5,10H,6-9,11,16H2,1-2H3,(H,17,19). The molecule has 0 aromatic heterocycles. The number of hydrogen-bond donors (Lipinski definition) is 2. The lowest BCUT2D eigenvalue weighted by Gasteiger charge is -2.26. The van der Waals surface area contributed by atoms with E-state index in [4.69, 9.17) is 10.5 Å². The molecule has 1 saturated heterocycles. The van der Waals surface area contributed by atoms with E-state index >= 15 is 0 Å². The molecule has 1 aliphatic heterocycles. The number of carbonyl (C=O) groups excluding carboxylic acids is 1. The first kappa shape index (κ1) is 17.9. The molecule has 1 aromatic carbocycles. The fourth-order valence-corrected chi connectivity index (χ4v) is 3.62. The third-order valence-electron chi connectivity index (χ3n) is 3.67. The van der Waals surface area contributed by atoms with Crippen molar-refractivity contribution in [3.05, 3.63) is 29.8 Å². The highest BCUT2D eigenvalue weighted by atomic mass is 32.2. The summed E-state index contributed by atoms with van der Waals surface area (Å²) in [5, 5.41) is 2.79. The van der Waals surface area contributed by atoms with Gasteiger partial charge in [0.05, 0.1) is 18.1 Å². The summed E-state index contributed by atoms with van der Waals surface area (Å²) in [5.74, 6) is -0.348. The molecule has 1 aliphatic rings. The molecule has 0 spiro atoms. The van der Waals surface area contributed by atoms with Gasteiger partial charge in [-0.1, -0.05) is 6.07 Å². The van der Waals surface area contributed by atoms with Crippen molar-refractivity contribution in [3.8, 4) is 0 Å². The van der Waals surface area contributed by atoms with Crippen LogP contribution in [0.4, 0.5) is 0 Å². The van der Waals surface area contributed by atoms with Crippen LogP contribution in [0.2, 0.25) is 0 Å². The van der Waals surface area contributed by atoms with E-state index in [0.29, 0.717) is 31.9 Å². The number of hydrogen-bond acceptors (Lipinski definition) is 5. The maximum atomic E-state index is 12.6. The maximum Gasteiger partial charge on any atom is 0.251 e. The summed E-state index contributed by atoms with van der Waals surface area (Å²) in [6.07, 6.45) is 0. The molecule has 2 rings (SSSR count). The van der Waals surface area contributed by atoms with Crippen LogP contribution < -0.4 is 11.1 Å². The lowest BCUT2D eigenvalue weighted by molar-refractivity contribution is 0.0730. The van der Waals surface area contributed by atoms with E-state index in [-0.39, 0.29) is 17.3 Å². The van der Waals surface area contributed by atoms with Crippen LogP contribution in [0.5, 0.6) is 0 Å². The first-order chi connectivity index (χ1) is 10.8. The zero-order valence-electron chi connectivity index (χ0n) is 13.4.